The molecule has 354 valence electrons. The number of rotatable bonds is 29. The Kier molecular flexibility index (Phi) is 18.4. The van der Waals surface area contributed by atoms with Crippen LogP contribution in [-0.2, 0) is 13.1 Å². The van der Waals surface area contributed by atoms with Gasteiger partial charge in [0.15, 0.2) is 0 Å². The minimum Gasteiger partial charge on any atom is -0.340 e. The van der Waals surface area contributed by atoms with Gasteiger partial charge in [0.25, 0.3) is 0 Å². The fourth-order valence-electron chi connectivity index (χ4n) is 10.1. The molecule has 6 aromatic carbocycles. The highest BCUT2D eigenvalue weighted by molar-refractivity contribution is 6.10. The molecule has 8 rings (SSSR count). The van der Waals surface area contributed by atoms with E-state index in [4.69, 9.17) is 10.2 Å². The molecule has 0 atom stereocenters. The summed E-state index contributed by atoms with van der Waals surface area (Å²) in [7, 11) is 0. The number of hydrogen-bond donors (Lipinski definition) is 0. The van der Waals surface area contributed by atoms with E-state index in [0.717, 1.165) is 61.5 Å². The molecule has 6 nitrogen and oxygen atoms in total. The number of benzene rings is 6. The quantitative estimate of drug-likeness (QED) is 0.0267. The molecule has 0 amide bonds. The zero-order valence-electron chi connectivity index (χ0n) is 41.3. The fourth-order valence-corrected chi connectivity index (χ4v) is 10.1. The van der Waals surface area contributed by atoms with E-state index in [-0.39, 0.29) is 0 Å². The highest BCUT2D eigenvalue weighted by Gasteiger charge is 2.13. The average molecular weight is 905 g/mol. The van der Waals surface area contributed by atoms with Gasteiger partial charge in [-0.05, 0) is 97.5 Å². The third-order valence-corrected chi connectivity index (χ3v) is 13.9. The van der Waals surface area contributed by atoms with Gasteiger partial charge in [-0.3, -0.25) is 10.0 Å². The van der Waals surface area contributed by atoms with Crippen molar-refractivity contribution < 1.29 is 0 Å². The Morgan fingerprint density at radius 2 is 0.706 bits per heavy atom. The standard InChI is InChI=1S/C62H76N6/c1-3-5-7-13-27-43-65-59-37-25-23-35-55(59)57-47-51(39-41-61(57)65)49-63-67(53-31-19-17-20-32-53)45-29-15-11-9-10-12-16-30-46-68(54-33-21-18-22-34-54)64-50-52-40-42-62-58(48-52)56-36-24-26-38-60(56)66(62)44-28-14-8-6-4-2/h17-26,31-42,47-50H,3-16,27-30,43-46H2,1-2H3. The molecule has 0 bridgehead atoms. The molecular weight excluding hydrogens is 829 g/mol. The van der Waals surface area contributed by atoms with Crippen molar-refractivity contribution in [3.8, 4) is 0 Å². The van der Waals surface area contributed by atoms with Gasteiger partial charge in [-0.1, -0.05) is 189 Å². The summed E-state index contributed by atoms with van der Waals surface area (Å²) in [5.41, 5.74) is 9.89. The summed E-state index contributed by atoms with van der Waals surface area (Å²) in [5.74, 6) is 0. The van der Waals surface area contributed by atoms with Crippen LogP contribution in [0.15, 0.2) is 156 Å². The normalized spacial score (nSPS) is 12.0. The van der Waals surface area contributed by atoms with Crippen LogP contribution < -0.4 is 10.0 Å². The van der Waals surface area contributed by atoms with Gasteiger partial charge < -0.3 is 9.13 Å². The van der Waals surface area contributed by atoms with Gasteiger partial charge in [0, 0.05) is 69.8 Å². The maximum Gasteiger partial charge on any atom is 0.0593 e. The zero-order chi connectivity index (χ0) is 46.6. The number of aromatic nitrogens is 2. The summed E-state index contributed by atoms with van der Waals surface area (Å²) >= 11 is 0. The third kappa shape index (κ3) is 12.9. The number of nitrogens with zero attached hydrogens (tertiary/aromatic N) is 6. The van der Waals surface area contributed by atoms with Crippen LogP contribution in [0.2, 0.25) is 0 Å². The predicted molar refractivity (Wildman–Crippen MR) is 296 cm³/mol. The van der Waals surface area contributed by atoms with Gasteiger partial charge in [0.1, 0.15) is 0 Å². The zero-order valence-corrected chi connectivity index (χ0v) is 41.3. The molecule has 68 heavy (non-hydrogen) atoms. The van der Waals surface area contributed by atoms with Crippen LogP contribution >= 0.6 is 0 Å². The molecule has 8 aromatic rings. The number of anilines is 2. The number of fused-ring (bicyclic) bond motifs is 6. The number of hydrazone groups is 2. The van der Waals surface area contributed by atoms with E-state index in [9.17, 15) is 0 Å². The Hall–Kier alpha value is -6.14. The van der Waals surface area contributed by atoms with E-state index in [1.54, 1.807) is 0 Å². The first-order valence-electron chi connectivity index (χ1n) is 26.5. The van der Waals surface area contributed by atoms with Gasteiger partial charge in [-0.2, -0.15) is 10.2 Å². The Balaban J connectivity index is 0.804. The molecule has 6 heteroatoms. The molecule has 0 unspecified atom stereocenters. The average Bonchev–Trinajstić information content (AvgIpc) is 3.87. The topological polar surface area (TPSA) is 41.1 Å². The molecule has 2 heterocycles. The molecule has 2 aromatic heterocycles. The van der Waals surface area contributed by atoms with Crippen molar-refractivity contribution in [3.05, 3.63) is 157 Å². The SMILES string of the molecule is CCCCCCCn1c2ccccc2c2cc(C=NN(CCCCCCCCCCN(N=Cc3ccc4c(c3)c3ccccc3n4CCCCCCC)c3ccccc3)c3ccccc3)ccc21. The third-order valence-electron chi connectivity index (χ3n) is 13.9. The first kappa shape index (κ1) is 48.3. The second-order valence-electron chi connectivity index (χ2n) is 19.0. The van der Waals surface area contributed by atoms with Gasteiger partial charge in [0.2, 0.25) is 0 Å². The van der Waals surface area contributed by atoms with Crippen molar-refractivity contribution in [2.45, 2.75) is 143 Å². The maximum atomic E-state index is 5.10. The summed E-state index contributed by atoms with van der Waals surface area (Å²) in [6, 6.07) is 52.9. The molecule has 0 aliphatic rings. The molecule has 0 fully saturated rings. The smallest absolute Gasteiger partial charge is 0.0593 e. The Morgan fingerprint density at radius 1 is 0.353 bits per heavy atom. The first-order valence-corrected chi connectivity index (χ1v) is 26.5. The minimum atomic E-state index is 0.909. The molecule has 0 spiro atoms. The van der Waals surface area contributed by atoms with Gasteiger partial charge >= 0.3 is 0 Å². The predicted octanol–water partition coefficient (Wildman–Crippen LogP) is 17.3. The molecule has 0 saturated heterocycles. The van der Waals surface area contributed by atoms with E-state index in [1.165, 1.54) is 146 Å². The summed E-state index contributed by atoms with van der Waals surface area (Å²) < 4.78 is 5.06. The van der Waals surface area contributed by atoms with Gasteiger partial charge in [0.05, 0.1) is 23.8 Å². The van der Waals surface area contributed by atoms with Crippen molar-refractivity contribution in [1.82, 2.24) is 9.13 Å². The Labute approximate surface area is 407 Å². The van der Waals surface area contributed by atoms with Crippen molar-refractivity contribution in [2.75, 3.05) is 23.1 Å². The van der Waals surface area contributed by atoms with Crippen molar-refractivity contribution in [3.63, 3.8) is 0 Å². The lowest BCUT2D eigenvalue weighted by Gasteiger charge is -2.19. The first-order chi connectivity index (χ1) is 33.7. The van der Waals surface area contributed by atoms with Crippen molar-refractivity contribution >= 4 is 67.4 Å². The van der Waals surface area contributed by atoms with Crippen LogP contribution in [0.25, 0.3) is 43.6 Å². The number of aryl methyl sites for hydroxylation is 2. The highest BCUT2D eigenvalue weighted by Crippen LogP contribution is 2.32. The minimum absolute atomic E-state index is 0.909. The number of para-hydroxylation sites is 4. The molecule has 0 N–H and O–H groups in total. The highest BCUT2D eigenvalue weighted by atomic mass is 15.5. The lowest BCUT2D eigenvalue weighted by atomic mass is 10.1. The second kappa shape index (κ2) is 25.8. The molecule has 0 radical (unpaired) electrons. The van der Waals surface area contributed by atoms with Crippen LogP contribution in [-0.4, -0.2) is 34.7 Å². The molecule has 0 aliphatic carbocycles. The Morgan fingerprint density at radius 3 is 1.13 bits per heavy atom. The number of hydrogen-bond acceptors (Lipinski definition) is 4. The van der Waals surface area contributed by atoms with E-state index in [2.05, 4.69) is 191 Å². The lowest BCUT2D eigenvalue weighted by Crippen LogP contribution is -2.18. The van der Waals surface area contributed by atoms with Gasteiger partial charge in [-0.25, -0.2) is 0 Å². The van der Waals surface area contributed by atoms with Gasteiger partial charge in [-0.15, -0.1) is 0 Å². The summed E-state index contributed by atoms with van der Waals surface area (Å²) in [6.45, 7) is 8.52. The van der Waals surface area contributed by atoms with Crippen molar-refractivity contribution in [2.24, 2.45) is 10.2 Å². The van der Waals surface area contributed by atoms with Crippen LogP contribution in [0.1, 0.15) is 141 Å². The Bertz CT molecular complexity index is 2600. The van der Waals surface area contributed by atoms with E-state index >= 15 is 0 Å². The monoisotopic (exact) mass is 905 g/mol. The van der Waals surface area contributed by atoms with Crippen LogP contribution in [0, 0.1) is 0 Å². The summed E-state index contributed by atoms with van der Waals surface area (Å²) in [4.78, 5) is 0. The summed E-state index contributed by atoms with van der Waals surface area (Å²) in [5, 5.41) is 19.9. The van der Waals surface area contributed by atoms with E-state index in [0.29, 0.717) is 0 Å². The van der Waals surface area contributed by atoms with Crippen LogP contribution in [0.5, 0.6) is 0 Å². The van der Waals surface area contributed by atoms with Crippen LogP contribution in [0.3, 0.4) is 0 Å². The largest absolute Gasteiger partial charge is 0.340 e. The number of unbranched alkanes of at least 4 members (excludes halogenated alkanes) is 15. The lowest BCUT2D eigenvalue weighted by molar-refractivity contribution is 0.564. The summed E-state index contributed by atoms with van der Waals surface area (Å²) in [6.07, 6.45) is 26.8. The van der Waals surface area contributed by atoms with Crippen molar-refractivity contribution in [1.29, 1.82) is 0 Å². The fraction of sp³-hybridized carbons (Fsp3) is 0.387. The molecular formula is C62H76N6. The second-order valence-corrected chi connectivity index (χ2v) is 19.0. The molecule has 0 saturated carbocycles. The van der Waals surface area contributed by atoms with Crippen LogP contribution in [0.4, 0.5) is 11.4 Å². The molecule has 0 aliphatic heterocycles. The van der Waals surface area contributed by atoms with E-state index in [1.807, 2.05) is 0 Å². The maximum absolute atomic E-state index is 5.10. The van der Waals surface area contributed by atoms with E-state index < -0.39 is 0 Å².